The Labute approximate surface area is 202 Å². The quantitative estimate of drug-likeness (QED) is 0.620. The lowest BCUT2D eigenvalue weighted by Crippen LogP contribution is -2.52. The first-order valence-corrected chi connectivity index (χ1v) is 13.5. The Bertz CT molecular complexity index is 1140. The van der Waals surface area contributed by atoms with Crippen molar-refractivity contribution in [1.82, 2.24) is 19.2 Å². The van der Waals surface area contributed by atoms with Gasteiger partial charge in [-0.05, 0) is 36.0 Å². The van der Waals surface area contributed by atoms with Gasteiger partial charge < -0.3 is 9.47 Å². The SMILES string of the molecule is COc1ccc(C(C)(C)C)cc1S(=O)(=O)N1CCN2C[C@@H](Oc3cnc(C4CC4)cn3)C[C@H]2C1. The summed E-state index contributed by atoms with van der Waals surface area (Å²) in [4.78, 5) is 11.5. The minimum absolute atomic E-state index is 0.0208. The van der Waals surface area contributed by atoms with Crippen LogP contribution in [0.4, 0.5) is 0 Å². The predicted molar refractivity (Wildman–Crippen MR) is 129 cm³/mol. The van der Waals surface area contributed by atoms with Crippen LogP contribution < -0.4 is 9.47 Å². The average molecular weight is 487 g/mol. The summed E-state index contributed by atoms with van der Waals surface area (Å²) in [6, 6.07) is 5.59. The van der Waals surface area contributed by atoms with E-state index in [0.29, 0.717) is 37.2 Å². The monoisotopic (exact) mass is 486 g/mol. The maximum Gasteiger partial charge on any atom is 0.246 e. The van der Waals surface area contributed by atoms with Crippen LogP contribution in [0.15, 0.2) is 35.5 Å². The van der Waals surface area contributed by atoms with Crippen LogP contribution in [0.2, 0.25) is 0 Å². The largest absolute Gasteiger partial charge is 0.495 e. The average Bonchev–Trinajstić information content (AvgIpc) is 3.58. The molecule has 0 spiro atoms. The van der Waals surface area contributed by atoms with Gasteiger partial charge in [-0.3, -0.25) is 9.88 Å². The molecule has 2 saturated heterocycles. The molecule has 0 radical (unpaired) electrons. The zero-order valence-electron chi connectivity index (χ0n) is 20.4. The summed E-state index contributed by atoms with van der Waals surface area (Å²) in [5.41, 5.74) is 1.85. The van der Waals surface area contributed by atoms with Gasteiger partial charge in [0.25, 0.3) is 0 Å². The zero-order chi connectivity index (χ0) is 24.1. The van der Waals surface area contributed by atoms with E-state index in [4.69, 9.17) is 9.47 Å². The topological polar surface area (TPSA) is 84.9 Å². The first kappa shape index (κ1) is 23.5. The second-order valence-corrected chi connectivity index (χ2v) is 12.6. The van der Waals surface area contributed by atoms with Gasteiger partial charge in [0.15, 0.2) is 0 Å². The molecule has 8 nitrogen and oxygen atoms in total. The normalized spacial score (nSPS) is 24.1. The molecule has 2 aromatic rings. The molecule has 0 bridgehead atoms. The number of piperazine rings is 1. The van der Waals surface area contributed by atoms with Gasteiger partial charge in [-0.25, -0.2) is 13.4 Å². The molecular weight excluding hydrogens is 452 g/mol. The van der Waals surface area contributed by atoms with Gasteiger partial charge in [0.2, 0.25) is 15.9 Å². The summed E-state index contributed by atoms with van der Waals surface area (Å²) >= 11 is 0. The van der Waals surface area contributed by atoms with Crippen molar-refractivity contribution >= 4 is 10.0 Å². The number of sulfonamides is 1. The molecule has 3 fully saturated rings. The molecule has 0 N–H and O–H groups in total. The Hall–Kier alpha value is -2.23. The third-order valence-electron chi connectivity index (χ3n) is 7.12. The van der Waals surface area contributed by atoms with E-state index in [1.54, 1.807) is 22.6 Å². The minimum atomic E-state index is -3.69. The van der Waals surface area contributed by atoms with E-state index in [2.05, 4.69) is 35.6 Å². The number of fused-ring (bicyclic) bond motifs is 1. The van der Waals surface area contributed by atoms with E-state index in [0.717, 1.165) is 24.2 Å². The Morgan fingerprint density at radius 1 is 1.06 bits per heavy atom. The van der Waals surface area contributed by atoms with Gasteiger partial charge in [-0.15, -0.1) is 0 Å². The van der Waals surface area contributed by atoms with Gasteiger partial charge in [-0.2, -0.15) is 4.31 Å². The Morgan fingerprint density at radius 3 is 2.50 bits per heavy atom. The van der Waals surface area contributed by atoms with Crippen molar-refractivity contribution in [3.8, 4) is 11.6 Å². The second kappa shape index (κ2) is 8.77. The van der Waals surface area contributed by atoms with Crippen molar-refractivity contribution in [2.45, 2.75) is 68.4 Å². The number of rotatable bonds is 6. The molecule has 0 unspecified atom stereocenters. The second-order valence-electron chi connectivity index (χ2n) is 10.7. The fraction of sp³-hybridized carbons (Fsp3) is 0.600. The van der Waals surface area contributed by atoms with Crippen LogP contribution in [0.3, 0.4) is 0 Å². The molecule has 34 heavy (non-hydrogen) atoms. The molecule has 2 aliphatic heterocycles. The van der Waals surface area contributed by atoms with Gasteiger partial charge in [0.05, 0.1) is 25.2 Å². The van der Waals surface area contributed by atoms with Crippen LogP contribution in [0.1, 0.15) is 57.2 Å². The third kappa shape index (κ3) is 4.65. The molecule has 0 amide bonds. The third-order valence-corrected chi connectivity index (χ3v) is 9.01. The lowest BCUT2D eigenvalue weighted by molar-refractivity contribution is 0.151. The number of ether oxygens (including phenoxy) is 2. The van der Waals surface area contributed by atoms with Gasteiger partial charge in [-0.1, -0.05) is 26.8 Å². The van der Waals surface area contributed by atoms with E-state index in [-0.39, 0.29) is 22.5 Å². The molecule has 1 aromatic carbocycles. The van der Waals surface area contributed by atoms with Gasteiger partial charge in [0, 0.05) is 44.6 Å². The van der Waals surface area contributed by atoms with Gasteiger partial charge >= 0.3 is 0 Å². The first-order valence-electron chi connectivity index (χ1n) is 12.1. The fourth-order valence-electron chi connectivity index (χ4n) is 4.90. The zero-order valence-corrected chi connectivity index (χ0v) is 21.2. The fourth-order valence-corrected chi connectivity index (χ4v) is 6.55. The number of methoxy groups -OCH3 is 1. The summed E-state index contributed by atoms with van der Waals surface area (Å²) in [5.74, 6) is 1.50. The van der Waals surface area contributed by atoms with E-state index in [9.17, 15) is 8.42 Å². The summed E-state index contributed by atoms with van der Waals surface area (Å²) in [7, 11) is -2.18. The van der Waals surface area contributed by atoms with Crippen LogP contribution in [0.25, 0.3) is 0 Å². The van der Waals surface area contributed by atoms with Crippen molar-refractivity contribution in [2.75, 3.05) is 33.3 Å². The highest BCUT2D eigenvalue weighted by Gasteiger charge is 2.41. The molecule has 2 atom stereocenters. The summed E-state index contributed by atoms with van der Waals surface area (Å²) < 4.78 is 40.5. The number of nitrogens with zero attached hydrogens (tertiary/aromatic N) is 4. The summed E-state index contributed by atoms with van der Waals surface area (Å²) in [6.07, 6.45) is 6.67. The number of benzene rings is 1. The van der Waals surface area contributed by atoms with E-state index in [1.165, 1.54) is 20.0 Å². The van der Waals surface area contributed by atoms with Crippen LogP contribution >= 0.6 is 0 Å². The van der Waals surface area contributed by atoms with Crippen LogP contribution in [-0.4, -0.2) is 73.0 Å². The number of hydrogen-bond donors (Lipinski definition) is 0. The summed E-state index contributed by atoms with van der Waals surface area (Å²) in [5, 5.41) is 0. The van der Waals surface area contributed by atoms with Crippen molar-refractivity contribution in [3.63, 3.8) is 0 Å². The molecule has 5 rings (SSSR count). The van der Waals surface area contributed by atoms with E-state index >= 15 is 0 Å². The maximum atomic E-state index is 13.7. The highest BCUT2D eigenvalue weighted by Crippen LogP contribution is 2.39. The molecule has 1 aromatic heterocycles. The molecule has 184 valence electrons. The Morgan fingerprint density at radius 2 is 1.85 bits per heavy atom. The van der Waals surface area contributed by atoms with Crippen molar-refractivity contribution in [3.05, 3.63) is 41.9 Å². The standard InChI is InChI=1S/C25H34N4O4S/c1-25(2,3)18-7-8-22(32-4)23(11-18)34(30,31)29-10-9-28-16-20(12-19(28)15-29)33-24-14-26-21(13-27-24)17-5-6-17/h7-8,11,13-14,17,19-20H,5-6,9-10,12,15-16H2,1-4H3/t19-,20-/m0/s1. The molecular formula is C25H34N4O4S. The van der Waals surface area contributed by atoms with Crippen LogP contribution in [0.5, 0.6) is 11.6 Å². The summed E-state index contributed by atoms with van der Waals surface area (Å²) in [6.45, 7) is 8.57. The van der Waals surface area contributed by atoms with Crippen molar-refractivity contribution < 1.29 is 17.9 Å². The Kier molecular flexibility index (Phi) is 6.06. The van der Waals surface area contributed by atoms with Crippen molar-refractivity contribution in [1.29, 1.82) is 0 Å². The minimum Gasteiger partial charge on any atom is -0.495 e. The highest BCUT2D eigenvalue weighted by molar-refractivity contribution is 7.89. The lowest BCUT2D eigenvalue weighted by Gasteiger charge is -2.36. The predicted octanol–water partition coefficient (Wildman–Crippen LogP) is 3.19. The molecule has 9 heteroatoms. The lowest BCUT2D eigenvalue weighted by atomic mass is 9.87. The number of aromatic nitrogens is 2. The van der Waals surface area contributed by atoms with Gasteiger partial charge in [0.1, 0.15) is 16.7 Å². The smallest absolute Gasteiger partial charge is 0.246 e. The first-order chi connectivity index (χ1) is 16.1. The number of hydrogen-bond acceptors (Lipinski definition) is 7. The van der Waals surface area contributed by atoms with Crippen molar-refractivity contribution in [2.24, 2.45) is 0 Å². The van der Waals surface area contributed by atoms with Crippen LogP contribution in [-0.2, 0) is 15.4 Å². The Balaban J connectivity index is 1.28. The highest BCUT2D eigenvalue weighted by atomic mass is 32.2. The molecule has 1 saturated carbocycles. The van der Waals surface area contributed by atoms with E-state index in [1.807, 2.05) is 12.3 Å². The van der Waals surface area contributed by atoms with E-state index < -0.39 is 10.0 Å². The molecule has 1 aliphatic carbocycles. The van der Waals surface area contributed by atoms with Crippen LogP contribution in [0, 0.1) is 0 Å². The molecule has 3 aliphatic rings. The molecule has 3 heterocycles. The maximum absolute atomic E-state index is 13.7.